The Morgan fingerprint density at radius 1 is 1.39 bits per heavy atom. The van der Waals surface area contributed by atoms with E-state index in [1.165, 1.54) is 32.1 Å². The van der Waals surface area contributed by atoms with Gasteiger partial charge in [-0.15, -0.1) is 0 Å². The zero-order valence-corrected chi connectivity index (χ0v) is 10.9. The molecular weight excluding hydrogens is 224 g/mol. The van der Waals surface area contributed by atoms with Crippen LogP contribution in [-0.2, 0) is 0 Å². The highest BCUT2D eigenvalue weighted by molar-refractivity contribution is 5.87. The fraction of sp³-hybridized carbons (Fsp3) is 0.571. The van der Waals surface area contributed by atoms with Gasteiger partial charge in [-0.05, 0) is 31.7 Å². The van der Waals surface area contributed by atoms with Gasteiger partial charge in [0.1, 0.15) is 17.8 Å². The highest BCUT2D eigenvalue weighted by Crippen LogP contribution is 2.30. The van der Waals surface area contributed by atoms with Gasteiger partial charge in [0.25, 0.3) is 0 Å². The van der Waals surface area contributed by atoms with Crippen molar-refractivity contribution < 1.29 is 0 Å². The molecule has 18 heavy (non-hydrogen) atoms. The van der Waals surface area contributed by atoms with Crippen LogP contribution in [0.4, 0.5) is 5.82 Å². The average molecular weight is 244 g/mol. The Morgan fingerprint density at radius 3 is 3.22 bits per heavy atom. The topological polar surface area (TPSA) is 44.8 Å². The number of hydrogen-bond donors (Lipinski definition) is 1. The first-order chi connectivity index (χ1) is 8.90. The van der Waals surface area contributed by atoms with Gasteiger partial charge in [-0.3, -0.25) is 0 Å². The third-order valence-corrected chi connectivity index (χ3v) is 3.85. The van der Waals surface area contributed by atoms with Gasteiger partial charge < -0.3 is 9.88 Å². The largest absolute Gasteiger partial charge is 0.353 e. The molecule has 1 aliphatic rings. The molecule has 1 N–H and O–H groups in total. The standard InChI is InChI=1S/C14H20N4/c1-2-5-11-6-3-4-9-18(11)14-12-7-8-15-13(12)16-10-17-14/h7-8,10-11H,2-6,9H2,1H3,(H,15,16,17). The highest BCUT2D eigenvalue weighted by Gasteiger charge is 2.24. The van der Waals surface area contributed by atoms with Crippen LogP contribution < -0.4 is 4.90 Å². The lowest BCUT2D eigenvalue weighted by molar-refractivity contribution is 0.432. The molecule has 0 aliphatic carbocycles. The minimum absolute atomic E-state index is 0.650. The second kappa shape index (κ2) is 4.96. The van der Waals surface area contributed by atoms with Crippen LogP contribution in [0.3, 0.4) is 0 Å². The van der Waals surface area contributed by atoms with Gasteiger partial charge in [-0.1, -0.05) is 13.3 Å². The molecular formula is C14H20N4. The third kappa shape index (κ3) is 1.96. The molecule has 0 aromatic carbocycles. The fourth-order valence-corrected chi connectivity index (χ4v) is 3.00. The predicted octanol–water partition coefficient (Wildman–Crippen LogP) is 3.12. The molecule has 1 unspecified atom stereocenters. The second-order valence-corrected chi connectivity index (χ2v) is 5.07. The number of fused-ring (bicyclic) bond motifs is 1. The first-order valence-electron chi connectivity index (χ1n) is 6.95. The van der Waals surface area contributed by atoms with Crippen molar-refractivity contribution in [1.29, 1.82) is 0 Å². The molecule has 1 atom stereocenters. The van der Waals surface area contributed by atoms with E-state index in [4.69, 9.17) is 0 Å². The fourth-order valence-electron chi connectivity index (χ4n) is 3.00. The van der Waals surface area contributed by atoms with Gasteiger partial charge in [-0.2, -0.15) is 0 Å². The van der Waals surface area contributed by atoms with E-state index < -0.39 is 0 Å². The summed E-state index contributed by atoms with van der Waals surface area (Å²) in [6.07, 6.45) is 10.0. The normalized spacial score (nSPS) is 20.5. The van der Waals surface area contributed by atoms with Crippen LogP contribution in [0.5, 0.6) is 0 Å². The van der Waals surface area contributed by atoms with Crippen molar-refractivity contribution in [2.45, 2.75) is 45.1 Å². The maximum Gasteiger partial charge on any atom is 0.142 e. The number of nitrogens with one attached hydrogen (secondary N) is 1. The Morgan fingerprint density at radius 2 is 2.33 bits per heavy atom. The van der Waals surface area contributed by atoms with E-state index in [-0.39, 0.29) is 0 Å². The summed E-state index contributed by atoms with van der Waals surface area (Å²) in [5, 5.41) is 1.15. The van der Waals surface area contributed by atoms with Gasteiger partial charge in [0.15, 0.2) is 0 Å². The van der Waals surface area contributed by atoms with Gasteiger partial charge in [-0.25, -0.2) is 9.97 Å². The van der Waals surface area contributed by atoms with Gasteiger partial charge in [0.2, 0.25) is 0 Å². The van der Waals surface area contributed by atoms with Crippen LogP contribution in [0.25, 0.3) is 11.0 Å². The van der Waals surface area contributed by atoms with Crippen LogP contribution in [0.15, 0.2) is 18.6 Å². The van der Waals surface area contributed by atoms with Crippen molar-refractivity contribution in [2.75, 3.05) is 11.4 Å². The summed E-state index contributed by atoms with van der Waals surface area (Å²) in [6.45, 7) is 3.39. The molecule has 0 saturated carbocycles. The lowest BCUT2D eigenvalue weighted by atomic mass is 9.98. The summed E-state index contributed by atoms with van der Waals surface area (Å²) >= 11 is 0. The van der Waals surface area contributed by atoms with Gasteiger partial charge in [0.05, 0.1) is 5.39 Å². The Bertz CT molecular complexity index is 517. The third-order valence-electron chi connectivity index (χ3n) is 3.85. The SMILES string of the molecule is CCCC1CCCCN1c1ncnc2[nH]ccc12. The number of H-pyrrole nitrogens is 1. The van der Waals surface area contributed by atoms with Crippen molar-refractivity contribution >= 4 is 16.9 Å². The average Bonchev–Trinajstić information content (AvgIpc) is 2.88. The van der Waals surface area contributed by atoms with Crippen molar-refractivity contribution in [3.8, 4) is 0 Å². The van der Waals surface area contributed by atoms with Gasteiger partial charge in [0, 0.05) is 18.8 Å². The van der Waals surface area contributed by atoms with Crippen molar-refractivity contribution in [3.63, 3.8) is 0 Å². The van der Waals surface area contributed by atoms with Crippen molar-refractivity contribution in [3.05, 3.63) is 18.6 Å². The minimum atomic E-state index is 0.650. The van der Waals surface area contributed by atoms with E-state index in [1.807, 2.05) is 6.20 Å². The molecule has 4 nitrogen and oxygen atoms in total. The monoisotopic (exact) mass is 244 g/mol. The molecule has 1 saturated heterocycles. The van der Waals surface area contributed by atoms with Crippen LogP contribution in [0, 0.1) is 0 Å². The van der Waals surface area contributed by atoms with E-state index in [0.717, 1.165) is 23.4 Å². The molecule has 2 aromatic heterocycles. The summed E-state index contributed by atoms with van der Waals surface area (Å²) in [4.78, 5) is 14.5. The van der Waals surface area contributed by atoms with E-state index in [9.17, 15) is 0 Å². The predicted molar refractivity (Wildman–Crippen MR) is 73.8 cm³/mol. The summed E-state index contributed by atoms with van der Waals surface area (Å²) in [5.74, 6) is 1.11. The maximum atomic E-state index is 4.53. The molecule has 1 fully saturated rings. The molecule has 2 aromatic rings. The Balaban J connectivity index is 1.98. The number of rotatable bonds is 3. The maximum absolute atomic E-state index is 4.53. The van der Waals surface area contributed by atoms with E-state index in [2.05, 4.69) is 32.8 Å². The molecule has 3 heterocycles. The molecule has 4 heteroatoms. The Kier molecular flexibility index (Phi) is 3.17. The van der Waals surface area contributed by atoms with Crippen molar-refractivity contribution in [2.24, 2.45) is 0 Å². The Labute approximate surface area is 107 Å². The zero-order chi connectivity index (χ0) is 12.4. The van der Waals surface area contributed by atoms with E-state index >= 15 is 0 Å². The number of nitrogens with zero attached hydrogens (tertiary/aromatic N) is 3. The second-order valence-electron chi connectivity index (χ2n) is 5.07. The minimum Gasteiger partial charge on any atom is -0.353 e. The molecule has 0 amide bonds. The number of aromatic amines is 1. The smallest absolute Gasteiger partial charge is 0.142 e. The number of hydrogen-bond acceptors (Lipinski definition) is 3. The quantitative estimate of drug-likeness (QED) is 0.902. The number of piperidine rings is 1. The van der Waals surface area contributed by atoms with Crippen LogP contribution >= 0.6 is 0 Å². The summed E-state index contributed by atoms with van der Waals surface area (Å²) < 4.78 is 0. The van der Waals surface area contributed by atoms with Crippen LogP contribution in [-0.4, -0.2) is 27.5 Å². The first-order valence-corrected chi connectivity index (χ1v) is 6.95. The number of aromatic nitrogens is 3. The van der Waals surface area contributed by atoms with E-state index in [1.54, 1.807) is 6.33 Å². The molecule has 96 valence electrons. The molecule has 3 rings (SSSR count). The summed E-state index contributed by atoms with van der Waals surface area (Å²) in [6, 6.07) is 2.74. The van der Waals surface area contributed by atoms with Crippen molar-refractivity contribution in [1.82, 2.24) is 15.0 Å². The Hall–Kier alpha value is -1.58. The summed E-state index contributed by atoms with van der Waals surface area (Å²) in [7, 11) is 0. The molecule has 0 radical (unpaired) electrons. The lowest BCUT2D eigenvalue weighted by Gasteiger charge is -2.36. The van der Waals surface area contributed by atoms with E-state index in [0.29, 0.717) is 6.04 Å². The molecule has 0 bridgehead atoms. The molecule has 0 spiro atoms. The zero-order valence-electron chi connectivity index (χ0n) is 10.9. The van der Waals surface area contributed by atoms with Crippen LogP contribution in [0.2, 0.25) is 0 Å². The highest BCUT2D eigenvalue weighted by atomic mass is 15.2. The summed E-state index contributed by atoms with van der Waals surface area (Å²) in [5.41, 5.74) is 0.945. The lowest BCUT2D eigenvalue weighted by Crippen LogP contribution is -2.40. The van der Waals surface area contributed by atoms with Crippen LogP contribution in [0.1, 0.15) is 39.0 Å². The number of anilines is 1. The molecule has 1 aliphatic heterocycles. The first kappa shape index (κ1) is 11.5. The van der Waals surface area contributed by atoms with Gasteiger partial charge >= 0.3 is 0 Å².